The number of aromatic nitrogens is 2. The number of hydrogen-bond acceptors (Lipinski definition) is 11. The van der Waals surface area contributed by atoms with Crippen LogP contribution in [0.4, 0.5) is 0 Å². The Hall–Kier alpha value is -5.84. The number of esters is 1. The maximum absolute atomic E-state index is 14.8. The van der Waals surface area contributed by atoms with E-state index in [0.717, 1.165) is 44.5 Å². The van der Waals surface area contributed by atoms with Crippen molar-refractivity contribution in [2.75, 3.05) is 40.4 Å². The molecule has 68 heavy (non-hydrogen) atoms. The molecule has 10 rings (SSSR count). The summed E-state index contributed by atoms with van der Waals surface area (Å²) < 4.78 is 14.2. The summed E-state index contributed by atoms with van der Waals surface area (Å²) in [6.07, 6.45) is 4.09. The van der Waals surface area contributed by atoms with Crippen molar-refractivity contribution in [3.05, 3.63) is 71.5 Å². The smallest absolute Gasteiger partial charge is 0.324 e. The van der Waals surface area contributed by atoms with E-state index in [2.05, 4.69) is 59.6 Å². The van der Waals surface area contributed by atoms with E-state index in [4.69, 9.17) is 14.5 Å². The molecule has 4 amide bonds. The summed E-state index contributed by atoms with van der Waals surface area (Å²) in [5.74, 6) is -1.96. The predicted octanol–water partition coefficient (Wildman–Crippen LogP) is 4.90. The number of hydrogen-bond donors (Lipinski definition) is 4. The Labute approximate surface area is 398 Å². The third-order valence-corrected chi connectivity index (χ3v) is 14.9. The fraction of sp³-hybridized carbons (Fsp3) is 0.538. The van der Waals surface area contributed by atoms with Crippen LogP contribution in [0.2, 0.25) is 0 Å². The third-order valence-electron chi connectivity index (χ3n) is 14.9. The van der Waals surface area contributed by atoms with Gasteiger partial charge in [0.15, 0.2) is 0 Å². The molecule has 4 aromatic rings. The minimum absolute atomic E-state index is 0.00864. The second kappa shape index (κ2) is 18.2. The number of benzene rings is 2. The molecule has 16 nitrogen and oxygen atoms in total. The molecule has 0 radical (unpaired) electrons. The number of phenols is 1. The zero-order valence-electron chi connectivity index (χ0n) is 40.6. The minimum Gasteiger partial charge on any atom is -0.508 e. The Kier molecular flexibility index (Phi) is 12.7. The van der Waals surface area contributed by atoms with Gasteiger partial charge in [-0.15, -0.1) is 0 Å². The largest absolute Gasteiger partial charge is 0.508 e. The Balaban J connectivity index is 1.11. The van der Waals surface area contributed by atoms with Gasteiger partial charge >= 0.3 is 5.97 Å². The Morgan fingerprint density at radius 3 is 2.54 bits per heavy atom. The summed E-state index contributed by atoms with van der Waals surface area (Å²) in [7, 11) is 3.28. The molecule has 4 N–H and O–H groups in total. The molecule has 0 unspecified atom stereocenters. The van der Waals surface area contributed by atoms with Crippen molar-refractivity contribution >= 4 is 40.5 Å². The number of hydrazine groups is 1. The molecule has 6 aliphatic rings. The van der Waals surface area contributed by atoms with Crippen molar-refractivity contribution in [1.82, 2.24) is 40.4 Å². The monoisotopic (exact) mass is 931 g/mol. The molecule has 5 aliphatic heterocycles. The molecule has 1 aliphatic carbocycles. The molecule has 4 saturated heterocycles. The van der Waals surface area contributed by atoms with Crippen molar-refractivity contribution in [1.29, 1.82) is 0 Å². The molecule has 2 aromatic carbocycles. The van der Waals surface area contributed by atoms with Crippen LogP contribution >= 0.6 is 0 Å². The Morgan fingerprint density at radius 1 is 1.07 bits per heavy atom. The number of methoxy groups -OCH3 is 1. The highest BCUT2D eigenvalue weighted by Gasteiger charge is 2.64. The molecule has 5 fully saturated rings. The Bertz CT molecular complexity index is 2650. The first-order valence-corrected chi connectivity index (χ1v) is 24.3. The van der Waals surface area contributed by atoms with Crippen LogP contribution in [0.5, 0.6) is 5.75 Å². The number of aromatic hydroxyl groups is 1. The van der Waals surface area contributed by atoms with E-state index in [1.165, 1.54) is 9.91 Å². The maximum Gasteiger partial charge on any atom is 0.324 e. The van der Waals surface area contributed by atoms with E-state index in [-0.39, 0.29) is 61.1 Å². The highest BCUT2D eigenvalue weighted by Crippen LogP contribution is 2.52. The lowest BCUT2D eigenvalue weighted by Gasteiger charge is -2.45. The average molecular weight is 931 g/mol. The number of likely N-dealkylation sites (N-methyl/N-ethyl adjacent to an activating group) is 1. The summed E-state index contributed by atoms with van der Waals surface area (Å²) >= 11 is 0. The van der Waals surface area contributed by atoms with E-state index < -0.39 is 46.9 Å². The SMILES string of the molecule is CCn1c(-c2cccnc2[C@H](C)OC)c2c3cc(ccc31)-c1cc(O)cc(c1)C[C@H](NC(=O)[C@H](C(C)C)N(C)C(=O)C13CC(CN1C(=O)[C@H]1CN1)C3)C(=O)N1CCC[C@H](N1)C(=O)OCC(C)(C)C2. The molecule has 8 bridgehead atoms. The highest BCUT2D eigenvalue weighted by molar-refractivity contribution is 5.99. The molecule has 7 heterocycles. The second-order valence-electron chi connectivity index (χ2n) is 20.9. The number of pyridine rings is 1. The molecular formula is C52H66N8O8. The minimum atomic E-state index is -1.17. The first-order chi connectivity index (χ1) is 32.4. The summed E-state index contributed by atoms with van der Waals surface area (Å²) in [6.45, 7) is 14.1. The molecule has 5 atom stereocenters. The summed E-state index contributed by atoms with van der Waals surface area (Å²) in [5, 5.41) is 19.9. The van der Waals surface area contributed by atoms with Gasteiger partial charge in [-0.1, -0.05) is 39.8 Å². The van der Waals surface area contributed by atoms with Crippen molar-refractivity contribution in [2.45, 2.75) is 122 Å². The number of nitrogens with zero attached hydrogens (tertiary/aromatic N) is 5. The van der Waals surface area contributed by atoms with E-state index in [1.807, 2.05) is 39.0 Å². The van der Waals surface area contributed by atoms with Crippen LogP contribution in [-0.4, -0.2) is 129 Å². The lowest BCUT2D eigenvalue weighted by atomic mass is 9.72. The molecule has 0 spiro atoms. The lowest BCUT2D eigenvalue weighted by molar-refractivity contribution is -0.157. The second-order valence-corrected chi connectivity index (χ2v) is 20.9. The lowest BCUT2D eigenvalue weighted by Crippen LogP contribution is -2.65. The fourth-order valence-electron chi connectivity index (χ4n) is 11.4. The number of carbonyl (C=O) groups is 5. The number of amides is 4. The molecule has 16 heteroatoms. The number of aryl methyl sites for hydroxylation is 1. The number of fused-ring (bicyclic) bond motifs is 7. The number of nitrogens with one attached hydrogen (secondary N) is 3. The van der Waals surface area contributed by atoms with Crippen LogP contribution in [0.3, 0.4) is 0 Å². The van der Waals surface area contributed by atoms with Gasteiger partial charge in [0.1, 0.15) is 29.4 Å². The standard InChI is InChI=1S/C52H66N8O8/c1-9-58-42-15-14-33-22-37(42)38(45(58)36-12-10-16-53-43(36)30(4)67-8)25-51(5,6)28-68-49(65)39-13-11-17-60(56-39)48(64)40(20-31-18-34(33)21-35(61)19-31)55-46(62)44(29(2)3)57(7)50(66)52-23-32(24-52)27-59(52)47(63)41-26-54-41/h10,12,14-16,18-19,21-22,29-30,32,39-41,44,54,56,61H,9,11,13,17,20,23-28H2,1-8H3,(H,55,62)/t30-,32?,39-,40-,41+,44-,52?/m0/s1. The summed E-state index contributed by atoms with van der Waals surface area (Å²) in [5.41, 5.74) is 8.58. The van der Waals surface area contributed by atoms with Crippen LogP contribution in [-0.2, 0) is 52.8 Å². The van der Waals surface area contributed by atoms with Gasteiger partial charge in [-0.25, -0.2) is 5.43 Å². The van der Waals surface area contributed by atoms with Gasteiger partial charge in [-0.05, 0) is 116 Å². The third kappa shape index (κ3) is 8.63. The van der Waals surface area contributed by atoms with Crippen LogP contribution in [0.15, 0.2) is 54.7 Å². The van der Waals surface area contributed by atoms with Gasteiger partial charge in [0.05, 0.1) is 30.1 Å². The normalized spacial score (nSPS) is 25.3. The highest BCUT2D eigenvalue weighted by atomic mass is 16.5. The van der Waals surface area contributed by atoms with Gasteiger partial charge in [0.2, 0.25) is 17.7 Å². The van der Waals surface area contributed by atoms with E-state index in [0.29, 0.717) is 57.3 Å². The van der Waals surface area contributed by atoms with Crippen molar-refractivity contribution < 1.29 is 38.6 Å². The van der Waals surface area contributed by atoms with Crippen molar-refractivity contribution in [2.24, 2.45) is 17.3 Å². The van der Waals surface area contributed by atoms with Gasteiger partial charge in [0.25, 0.3) is 5.91 Å². The molecule has 2 aromatic heterocycles. The summed E-state index contributed by atoms with van der Waals surface area (Å²) in [4.78, 5) is 79.4. The van der Waals surface area contributed by atoms with Crippen LogP contribution in [0.1, 0.15) is 90.2 Å². The average Bonchev–Trinajstić information content (AvgIpc) is 3.90. The van der Waals surface area contributed by atoms with E-state index in [1.54, 1.807) is 37.4 Å². The molecule has 1 saturated carbocycles. The molecule has 362 valence electrons. The van der Waals surface area contributed by atoms with Gasteiger partial charge in [-0.3, -0.25) is 34.0 Å². The Morgan fingerprint density at radius 2 is 1.84 bits per heavy atom. The quantitative estimate of drug-likeness (QED) is 0.125. The fourth-order valence-corrected chi connectivity index (χ4v) is 11.4. The maximum atomic E-state index is 14.8. The van der Waals surface area contributed by atoms with Crippen LogP contribution in [0, 0.1) is 17.3 Å². The zero-order chi connectivity index (χ0) is 48.4. The summed E-state index contributed by atoms with van der Waals surface area (Å²) in [6, 6.07) is 12.3. The van der Waals surface area contributed by atoms with Crippen LogP contribution < -0.4 is 16.1 Å². The predicted molar refractivity (Wildman–Crippen MR) is 256 cm³/mol. The van der Waals surface area contributed by atoms with Gasteiger partial charge < -0.3 is 39.6 Å². The number of phenolic OH excluding ortho intramolecular Hbond substituents is 1. The van der Waals surface area contributed by atoms with Gasteiger partial charge in [0, 0.05) is 74.8 Å². The molecular weight excluding hydrogens is 865 g/mol. The topological polar surface area (TPSA) is 198 Å². The van der Waals surface area contributed by atoms with Gasteiger partial charge in [-0.2, -0.15) is 0 Å². The zero-order valence-corrected chi connectivity index (χ0v) is 40.6. The number of carbonyl (C=O) groups excluding carboxylic acids is 5. The van der Waals surface area contributed by atoms with Crippen molar-refractivity contribution in [3.8, 4) is 28.1 Å². The first-order valence-electron chi connectivity index (χ1n) is 24.3. The first kappa shape index (κ1) is 47.2. The number of ether oxygens (including phenoxy) is 2. The number of cyclic esters (lactones) is 1. The van der Waals surface area contributed by atoms with E-state index in [9.17, 15) is 29.1 Å². The van der Waals surface area contributed by atoms with Crippen LogP contribution in [0.25, 0.3) is 33.3 Å². The van der Waals surface area contributed by atoms with E-state index >= 15 is 0 Å². The van der Waals surface area contributed by atoms with Crippen molar-refractivity contribution in [3.63, 3.8) is 0 Å². The number of rotatable bonds is 10.